The van der Waals surface area contributed by atoms with Crippen molar-refractivity contribution in [1.29, 1.82) is 0 Å². The Bertz CT molecular complexity index is 1090. The molecule has 1 aromatic heterocycles. The van der Waals surface area contributed by atoms with Gasteiger partial charge in [-0.2, -0.15) is 5.10 Å². The molecule has 0 saturated carbocycles. The van der Waals surface area contributed by atoms with Gasteiger partial charge < -0.3 is 5.32 Å². The van der Waals surface area contributed by atoms with E-state index >= 15 is 0 Å². The van der Waals surface area contributed by atoms with E-state index in [1.165, 1.54) is 6.26 Å². The van der Waals surface area contributed by atoms with E-state index in [0.717, 1.165) is 15.6 Å². The summed E-state index contributed by atoms with van der Waals surface area (Å²) < 4.78 is 24.1. The van der Waals surface area contributed by atoms with Gasteiger partial charge in [0, 0.05) is 22.0 Å². The Hall–Kier alpha value is -2.45. The summed E-state index contributed by atoms with van der Waals surface area (Å²) in [4.78, 5) is 12.6. The van der Waals surface area contributed by atoms with Gasteiger partial charge in [-0.15, -0.1) is 0 Å². The van der Waals surface area contributed by atoms with Crippen LogP contribution < -0.4 is 5.32 Å². The Morgan fingerprint density at radius 3 is 2.56 bits per heavy atom. The molecule has 1 heterocycles. The van der Waals surface area contributed by atoms with Crippen LogP contribution in [0, 0.1) is 6.92 Å². The normalized spacial score (nSPS) is 11.4. The molecule has 0 unspecified atom stereocenters. The summed E-state index contributed by atoms with van der Waals surface area (Å²) in [5.41, 5.74) is 3.83. The minimum absolute atomic E-state index is 0.0691. The first-order chi connectivity index (χ1) is 12.7. The predicted molar refractivity (Wildman–Crippen MR) is 109 cm³/mol. The van der Waals surface area contributed by atoms with Crippen molar-refractivity contribution in [3.05, 3.63) is 69.8 Å². The quantitative estimate of drug-likeness (QED) is 0.619. The highest BCUT2D eigenvalue weighted by atomic mass is 79.9. The molecule has 0 atom stereocenters. The van der Waals surface area contributed by atoms with E-state index < -0.39 is 9.84 Å². The number of H-pyrrole nitrogens is 1. The number of carbonyl (C=O) groups excluding carboxylic acids is 1. The topological polar surface area (TPSA) is 91.9 Å². The van der Waals surface area contributed by atoms with E-state index in [1.807, 2.05) is 24.3 Å². The summed E-state index contributed by atoms with van der Waals surface area (Å²) in [5, 5.41) is 9.74. The number of hydrogen-bond donors (Lipinski definition) is 2. The van der Waals surface area contributed by atoms with Crippen molar-refractivity contribution in [3.8, 4) is 11.3 Å². The lowest BCUT2D eigenvalue weighted by Crippen LogP contribution is -2.14. The molecule has 1 amide bonds. The molecule has 0 spiro atoms. The summed E-state index contributed by atoms with van der Waals surface area (Å²) in [6, 6.07) is 14.5. The maximum atomic E-state index is 12.6. The third-order valence-corrected chi connectivity index (χ3v) is 5.44. The summed E-state index contributed by atoms with van der Waals surface area (Å²) in [7, 11) is -3.16. The number of sulfone groups is 1. The zero-order valence-electron chi connectivity index (χ0n) is 14.8. The second kappa shape index (κ2) is 7.66. The van der Waals surface area contributed by atoms with Gasteiger partial charge in [0.2, 0.25) is 0 Å². The number of aromatic amines is 1. The van der Waals surface area contributed by atoms with Crippen molar-refractivity contribution >= 4 is 37.4 Å². The smallest absolute Gasteiger partial charge is 0.273 e. The van der Waals surface area contributed by atoms with Crippen LogP contribution in [0.4, 0.5) is 5.69 Å². The Labute approximate surface area is 166 Å². The minimum atomic E-state index is -3.16. The SMILES string of the molecule is Cc1c(CS(C)(=O)=O)cccc1NC(=O)c1cc(-c2ccc(Br)cc2)n[nH]1. The Kier molecular flexibility index (Phi) is 5.48. The zero-order valence-corrected chi connectivity index (χ0v) is 17.2. The highest BCUT2D eigenvalue weighted by Gasteiger charge is 2.15. The lowest BCUT2D eigenvalue weighted by Gasteiger charge is -2.11. The first-order valence-corrected chi connectivity index (χ1v) is 11.0. The van der Waals surface area contributed by atoms with Crippen molar-refractivity contribution < 1.29 is 13.2 Å². The van der Waals surface area contributed by atoms with Crippen molar-refractivity contribution in [2.75, 3.05) is 11.6 Å². The Morgan fingerprint density at radius 1 is 1.19 bits per heavy atom. The van der Waals surface area contributed by atoms with E-state index in [4.69, 9.17) is 0 Å². The van der Waals surface area contributed by atoms with Gasteiger partial charge in [0.1, 0.15) is 5.69 Å². The van der Waals surface area contributed by atoms with Gasteiger partial charge in [-0.25, -0.2) is 8.42 Å². The third kappa shape index (κ3) is 4.84. The van der Waals surface area contributed by atoms with Crippen LogP contribution in [-0.2, 0) is 15.6 Å². The molecule has 0 bridgehead atoms. The summed E-state index contributed by atoms with van der Waals surface area (Å²) >= 11 is 3.38. The largest absolute Gasteiger partial charge is 0.320 e. The average Bonchev–Trinajstić information content (AvgIpc) is 3.08. The molecular formula is C19H18BrN3O3S. The van der Waals surface area contributed by atoms with Crippen LogP contribution in [0.25, 0.3) is 11.3 Å². The lowest BCUT2D eigenvalue weighted by atomic mass is 10.1. The van der Waals surface area contributed by atoms with Crippen LogP contribution >= 0.6 is 15.9 Å². The predicted octanol–water partition coefficient (Wildman–Crippen LogP) is 3.94. The van der Waals surface area contributed by atoms with E-state index in [1.54, 1.807) is 31.2 Å². The molecule has 0 aliphatic heterocycles. The Morgan fingerprint density at radius 2 is 1.89 bits per heavy atom. The highest BCUT2D eigenvalue weighted by Crippen LogP contribution is 2.23. The maximum absolute atomic E-state index is 12.6. The van der Waals surface area contributed by atoms with Crippen LogP contribution in [0.2, 0.25) is 0 Å². The summed E-state index contributed by atoms with van der Waals surface area (Å²) in [6.07, 6.45) is 1.19. The number of aromatic nitrogens is 2. The second-order valence-electron chi connectivity index (χ2n) is 6.29. The monoisotopic (exact) mass is 447 g/mol. The zero-order chi connectivity index (χ0) is 19.6. The number of benzene rings is 2. The van der Waals surface area contributed by atoms with E-state index in [2.05, 4.69) is 31.4 Å². The van der Waals surface area contributed by atoms with Gasteiger partial charge >= 0.3 is 0 Å². The summed E-state index contributed by atoms with van der Waals surface area (Å²) in [6.45, 7) is 1.79. The molecule has 8 heteroatoms. The standard InChI is InChI=1S/C19H18BrN3O3S/c1-12-14(11-27(2,25)26)4-3-5-16(12)21-19(24)18-10-17(22-23-18)13-6-8-15(20)9-7-13/h3-10H,11H2,1-2H3,(H,21,24)(H,22,23). The highest BCUT2D eigenvalue weighted by molar-refractivity contribution is 9.10. The number of halogens is 1. The number of anilines is 1. The first kappa shape index (κ1) is 19.3. The molecule has 0 fully saturated rings. The molecule has 2 N–H and O–H groups in total. The fraction of sp³-hybridized carbons (Fsp3) is 0.158. The van der Waals surface area contributed by atoms with Crippen LogP contribution in [0.5, 0.6) is 0 Å². The molecular weight excluding hydrogens is 430 g/mol. The van der Waals surface area contributed by atoms with Crippen LogP contribution in [0.1, 0.15) is 21.6 Å². The molecule has 2 aromatic carbocycles. The van der Waals surface area contributed by atoms with Gasteiger partial charge in [-0.3, -0.25) is 9.89 Å². The van der Waals surface area contributed by atoms with Gasteiger partial charge in [0.05, 0.1) is 11.4 Å². The van der Waals surface area contributed by atoms with E-state index in [9.17, 15) is 13.2 Å². The van der Waals surface area contributed by atoms with Crippen molar-refractivity contribution in [1.82, 2.24) is 10.2 Å². The molecule has 0 radical (unpaired) electrons. The van der Waals surface area contributed by atoms with Gasteiger partial charge in [-0.1, -0.05) is 40.2 Å². The number of hydrogen-bond acceptors (Lipinski definition) is 4. The maximum Gasteiger partial charge on any atom is 0.273 e. The Balaban J connectivity index is 1.80. The second-order valence-corrected chi connectivity index (χ2v) is 9.34. The minimum Gasteiger partial charge on any atom is -0.320 e. The molecule has 3 aromatic rings. The number of rotatable bonds is 5. The van der Waals surface area contributed by atoms with E-state index in [-0.39, 0.29) is 11.7 Å². The van der Waals surface area contributed by atoms with Crippen molar-refractivity contribution in [3.63, 3.8) is 0 Å². The van der Waals surface area contributed by atoms with Crippen LogP contribution in [-0.4, -0.2) is 30.8 Å². The number of nitrogens with zero attached hydrogens (tertiary/aromatic N) is 1. The van der Waals surface area contributed by atoms with Crippen molar-refractivity contribution in [2.45, 2.75) is 12.7 Å². The van der Waals surface area contributed by atoms with Gasteiger partial charge in [0.25, 0.3) is 5.91 Å². The van der Waals surface area contributed by atoms with E-state index in [0.29, 0.717) is 22.6 Å². The first-order valence-electron chi connectivity index (χ1n) is 8.12. The summed E-state index contributed by atoms with van der Waals surface area (Å²) in [5.74, 6) is -0.411. The number of amides is 1. The fourth-order valence-corrected chi connectivity index (χ4v) is 3.80. The molecule has 0 saturated heterocycles. The third-order valence-electron chi connectivity index (χ3n) is 4.07. The average molecular weight is 448 g/mol. The molecule has 6 nitrogen and oxygen atoms in total. The molecule has 3 rings (SSSR count). The number of nitrogens with one attached hydrogen (secondary N) is 2. The van der Waals surface area contributed by atoms with Gasteiger partial charge in [0.15, 0.2) is 9.84 Å². The van der Waals surface area contributed by atoms with Crippen LogP contribution in [0.15, 0.2) is 53.0 Å². The van der Waals surface area contributed by atoms with Gasteiger partial charge in [-0.05, 0) is 42.3 Å². The molecule has 0 aliphatic rings. The van der Waals surface area contributed by atoms with Crippen molar-refractivity contribution in [2.24, 2.45) is 0 Å². The molecule has 27 heavy (non-hydrogen) atoms. The fourth-order valence-electron chi connectivity index (χ4n) is 2.65. The molecule has 0 aliphatic carbocycles. The molecule has 140 valence electrons. The number of carbonyl (C=O) groups is 1. The lowest BCUT2D eigenvalue weighted by molar-refractivity contribution is 0.102. The van der Waals surface area contributed by atoms with Crippen LogP contribution in [0.3, 0.4) is 0 Å².